The van der Waals surface area contributed by atoms with Crippen LogP contribution < -0.4 is 5.32 Å². The van der Waals surface area contributed by atoms with Crippen LogP contribution in [0.3, 0.4) is 0 Å². The molecule has 1 atom stereocenters. The molecule has 0 spiro atoms. The van der Waals surface area contributed by atoms with Crippen LogP contribution in [0.15, 0.2) is 0 Å². The quantitative estimate of drug-likeness (QED) is 0.597. The Labute approximate surface area is 134 Å². The van der Waals surface area contributed by atoms with E-state index in [1.165, 1.54) is 0 Å². The van der Waals surface area contributed by atoms with Gasteiger partial charge in [-0.2, -0.15) is 0 Å². The number of rotatable bonds is 5. The van der Waals surface area contributed by atoms with Gasteiger partial charge >= 0.3 is 12.1 Å². The molecule has 21 heavy (non-hydrogen) atoms. The largest absolute Gasteiger partial charge is 0.460 e. The highest BCUT2D eigenvalue weighted by Gasteiger charge is 2.28. The fourth-order valence-corrected chi connectivity index (χ4v) is 1.73. The van der Waals surface area contributed by atoms with E-state index in [1.807, 2.05) is 0 Å². The number of ketones is 1. The molecule has 0 bridgehead atoms. The van der Waals surface area contributed by atoms with Crippen LogP contribution >= 0.6 is 15.9 Å². The molecule has 122 valence electrons. The van der Waals surface area contributed by atoms with Crippen molar-refractivity contribution in [3.05, 3.63) is 0 Å². The van der Waals surface area contributed by atoms with Gasteiger partial charge in [-0.1, -0.05) is 15.9 Å². The van der Waals surface area contributed by atoms with E-state index in [2.05, 4.69) is 21.2 Å². The lowest BCUT2D eigenvalue weighted by Crippen LogP contribution is -2.45. The second-order valence-corrected chi connectivity index (χ2v) is 7.15. The Morgan fingerprint density at radius 1 is 1.00 bits per heavy atom. The van der Waals surface area contributed by atoms with E-state index in [4.69, 9.17) is 9.47 Å². The maximum atomic E-state index is 11.8. The lowest BCUT2D eigenvalue weighted by molar-refractivity contribution is -0.156. The third kappa shape index (κ3) is 10.3. The minimum Gasteiger partial charge on any atom is -0.460 e. The van der Waals surface area contributed by atoms with Crippen molar-refractivity contribution < 1.29 is 23.9 Å². The molecule has 0 unspecified atom stereocenters. The van der Waals surface area contributed by atoms with Crippen molar-refractivity contribution in [3.8, 4) is 0 Å². The van der Waals surface area contributed by atoms with Crippen LogP contribution in [0.4, 0.5) is 4.79 Å². The molecular weight excluding hydrogens is 342 g/mol. The Morgan fingerprint density at radius 2 is 1.48 bits per heavy atom. The Kier molecular flexibility index (Phi) is 7.36. The lowest BCUT2D eigenvalue weighted by Gasteiger charge is -2.24. The van der Waals surface area contributed by atoms with Crippen LogP contribution in [-0.4, -0.2) is 40.4 Å². The highest BCUT2D eigenvalue weighted by atomic mass is 79.9. The molecule has 0 saturated heterocycles. The van der Waals surface area contributed by atoms with Gasteiger partial charge in [-0.05, 0) is 41.5 Å². The molecule has 0 saturated carbocycles. The first-order valence-electron chi connectivity index (χ1n) is 6.64. The van der Waals surface area contributed by atoms with Gasteiger partial charge in [-0.25, -0.2) is 4.79 Å². The number of hydrogen-bond donors (Lipinski definition) is 1. The number of Topliss-reactive ketones (excluding diaryl/α,β-unsaturated/α-hetero) is 1. The molecule has 0 aromatic rings. The van der Waals surface area contributed by atoms with Gasteiger partial charge in [0.15, 0.2) is 5.78 Å². The smallest absolute Gasteiger partial charge is 0.408 e. The Hall–Kier alpha value is -1.11. The van der Waals surface area contributed by atoms with Gasteiger partial charge in [0.25, 0.3) is 0 Å². The van der Waals surface area contributed by atoms with Gasteiger partial charge in [-0.3, -0.25) is 9.59 Å². The monoisotopic (exact) mass is 365 g/mol. The summed E-state index contributed by atoms with van der Waals surface area (Å²) >= 11 is 3.02. The van der Waals surface area contributed by atoms with Crippen LogP contribution in [0.1, 0.15) is 48.0 Å². The maximum absolute atomic E-state index is 11.8. The topological polar surface area (TPSA) is 81.7 Å². The van der Waals surface area contributed by atoms with Crippen molar-refractivity contribution in [1.29, 1.82) is 0 Å². The molecule has 7 heteroatoms. The van der Waals surface area contributed by atoms with Crippen molar-refractivity contribution in [2.45, 2.75) is 65.2 Å². The highest BCUT2D eigenvalue weighted by Crippen LogP contribution is 2.11. The summed E-state index contributed by atoms with van der Waals surface area (Å²) in [7, 11) is 0. The molecule has 0 fully saturated rings. The zero-order chi connectivity index (χ0) is 16.8. The Balaban J connectivity index is 4.72. The molecule has 0 radical (unpaired) electrons. The summed E-state index contributed by atoms with van der Waals surface area (Å²) < 4.78 is 10.2. The summed E-state index contributed by atoms with van der Waals surface area (Å²) in [5.74, 6) is -0.885. The number of ether oxygens (including phenoxy) is 2. The fourth-order valence-electron chi connectivity index (χ4n) is 1.34. The third-order valence-electron chi connectivity index (χ3n) is 2.00. The predicted molar refractivity (Wildman–Crippen MR) is 82.4 cm³/mol. The first kappa shape index (κ1) is 19.9. The van der Waals surface area contributed by atoms with E-state index in [9.17, 15) is 14.4 Å². The molecular formula is C14H24BrNO5. The summed E-state index contributed by atoms with van der Waals surface area (Å²) in [5.41, 5.74) is -1.33. The average molecular weight is 366 g/mol. The summed E-state index contributed by atoms with van der Waals surface area (Å²) in [6.07, 6.45) is -0.980. The van der Waals surface area contributed by atoms with E-state index in [0.29, 0.717) is 0 Å². The van der Waals surface area contributed by atoms with Crippen LogP contribution in [0.5, 0.6) is 0 Å². The van der Waals surface area contributed by atoms with Gasteiger partial charge in [0.1, 0.15) is 17.2 Å². The molecule has 0 aromatic heterocycles. The number of esters is 1. The normalized spacial score (nSPS) is 13.3. The zero-order valence-electron chi connectivity index (χ0n) is 13.4. The minimum atomic E-state index is -0.978. The van der Waals surface area contributed by atoms with Crippen LogP contribution in [0.25, 0.3) is 0 Å². The van der Waals surface area contributed by atoms with Crippen LogP contribution in [-0.2, 0) is 19.1 Å². The molecule has 6 nitrogen and oxygen atoms in total. The van der Waals surface area contributed by atoms with E-state index >= 15 is 0 Å². The second kappa shape index (κ2) is 7.77. The number of carbonyl (C=O) groups excluding carboxylic acids is 3. The highest BCUT2D eigenvalue weighted by molar-refractivity contribution is 9.09. The summed E-state index contributed by atoms with van der Waals surface area (Å²) in [6.45, 7) is 10.3. The number of alkyl carbamates (subject to hydrolysis) is 1. The number of nitrogens with one attached hydrogen (secondary N) is 1. The van der Waals surface area contributed by atoms with Crippen molar-refractivity contribution in [2.24, 2.45) is 0 Å². The number of carbonyl (C=O) groups is 3. The molecule has 0 aliphatic heterocycles. The Morgan fingerprint density at radius 3 is 1.86 bits per heavy atom. The van der Waals surface area contributed by atoms with Gasteiger partial charge in [0.2, 0.25) is 0 Å². The SMILES string of the molecule is CC(C)(C)OC(=O)C[C@H](NC(=O)OC(C)(C)C)C(=O)CBr. The van der Waals surface area contributed by atoms with E-state index < -0.39 is 29.3 Å². The molecule has 0 rings (SSSR count). The lowest BCUT2D eigenvalue weighted by atomic mass is 10.1. The molecule has 0 aliphatic rings. The third-order valence-corrected chi connectivity index (χ3v) is 2.55. The second-order valence-electron chi connectivity index (χ2n) is 6.59. The van der Waals surface area contributed by atoms with E-state index in [0.717, 1.165) is 0 Å². The van der Waals surface area contributed by atoms with Gasteiger partial charge in [0, 0.05) is 0 Å². The zero-order valence-corrected chi connectivity index (χ0v) is 15.0. The Bertz CT molecular complexity index is 365. The van der Waals surface area contributed by atoms with Gasteiger partial charge < -0.3 is 14.8 Å². The summed E-state index contributed by atoms with van der Waals surface area (Å²) in [4.78, 5) is 35.3. The molecule has 0 heterocycles. The van der Waals surface area contributed by atoms with E-state index in [1.54, 1.807) is 41.5 Å². The van der Waals surface area contributed by atoms with Crippen LogP contribution in [0, 0.1) is 0 Å². The number of hydrogen-bond acceptors (Lipinski definition) is 5. The van der Waals surface area contributed by atoms with Crippen molar-refractivity contribution in [1.82, 2.24) is 5.32 Å². The van der Waals surface area contributed by atoms with Gasteiger partial charge in [-0.15, -0.1) is 0 Å². The molecule has 1 N–H and O–H groups in total. The number of amides is 1. The van der Waals surface area contributed by atoms with Crippen LogP contribution in [0.2, 0.25) is 0 Å². The number of alkyl halides is 1. The first-order valence-corrected chi connectivity index (χ1v) is 7.76. The van der Waals surface area contributed by atoms with Gasteiger partial charge in [0.05, 0.1) is 11.8 Å². The maximum Gasteiger partial charge on any atom is 0.408 e. The standard InChI is InChI=1S/C14H24BrNO5/c1-13(2,3)20-11(18)7-9(10(17)8-15)16-12(19)21-14(4,5)6/h9H,7-8H2,1-6H3,(H,16,19)/t9-/m0/s1. The summed E-state index contributed by atoms with van der Waals surface area (Å²) in [5, 5.41) is 2.42. The van der Waals surface area contributed by atoms with Crippen molar-refractivity contribution in [2.75, 3.05) is 5.33 Å². The van der Waals surface area contributed by atoms with E-state index in [-0.39, 0.29) is 17.5 Å². The fraction of sp³-hybridized carbons (Fsp3) is 0.786. The van der Waals surface area contributed by atoms with Crippen molar-refractivity contribution in [3.63, 3.8) is 0 Å². The minimum absolute atomic E-state index is 0.0241. The molecule has 0 aliphatic carbocycles. The molecule has 0 aromatic carbocycles. The summed E-state index contributed by atoms with van der Waals surface area (Å²) in [6, 6.07) is -0.978. The predicted octanol–water partition coefficient (Wildman–Crippen LogP) is 2.58. The van der Waals surface area contributed by atoms with Crippen molar-refractivity contribution >= 4 is 33.8 Å². The molecule has 1 amide bonds. The average Bonchev–Trinajstić information content (AvgIpc) is 2.21. The first-order chi connectivity index (χ1) is 9.34. The number of halogens is 1.